The van der Waals surface area contributed by atoms with E-state index >= 15 is 0 Å². The minimum atomic E-state index is -0.169. The average Bonchev–Trinajstić information content (AvgIpc) is 2.28. The van der Waals surface area contributed by atoms with E-state index in [9.17, 15) is 0 Å². The number of benzene rings is 1. The second-order valence-electron chi connectivity index (χ2n) is 2.96. The molecule has 0 radical (unpaired) electrons. The van der Waals surface area contributed by atoms with Crippen molar-refractivity contribution in [2.45, 2.75) is 24.6 Å². The topological polar surface area (TPSA) is 18.5 Å². The van der Waals surface area contributed by atoms with Crippen molar-refractivity contribution in [3.05, 3.63) is 30.3 Å². The Labute approximate surface area is 102 Å². The third-order valence-corrected chi connectivity index (χ3v) is 4.82. The fourth-order valence-electron chi connectivity index (χ4n) is 1.20. The van der Waals surface area contributed by atoms with Gasteiger partial charge in [0.05, 0.1) is 0 Å². The van der Waals surface area contributed by atoms with Gasteiger partial charge in [0, 0.05) is 0 Å². The average molecular weight is 322 g/mol. The molecule has 0 spiro atoms. The molecule has 0 atom stereocenters. The van der Waals surface area contributed by atoms with Crippen LogP contribution in [0.3, 0.4) is 0 Å². The summed E-state index contributed by atoms with van der Waals surface area (Å²) in [6.45, 7) is 5.48. The van der Waals surface area contributed by atoms with Gasteiger partial charge in [-0.05, 0) is 0 Å². The van der Waals surface area contributed by atoms with Gasteiger partial charge in [-0.1, -0.05) is 0 Å². The molecule has 84 valence electrons. The summed E-state index contributed by atoms with van der Waals surface area (Å²) in [6, 6.07) is 10.6. The first kappa shape index (κ1) is 13.0. The summed E-state index contributed by atoms with van der Waals surface area (Å²) in [4.78, 5) is 0. The summed E-state index contributed by atoms with van der Waals surface area (Å²) in [7, 11) is 0. The molecule has 0 amide bonds. The number of rotatable bonds is 7. The Morgan fingerprint density at radius 1 is 1.07 bits per heavy atom. The molecule has 0 aliphatic rings. The molecule has 1 aromatic rings. The summed E-state index contributed by atoms with van der Waals surface area (Å²) in [5.41, 5.74) is 0. The van der Waals surface area contributed by atoms with Crippen LogP contribution in [0.15, 0.2) is 30.3 Å². The van der Waals surface area contributed by atoms with E-state index in [4.69, 9.17) is 9.47 Å². The summed E-state index contributed by atoms with van der Waals surface area (Å²) < 4.78 is 13.5. The van der Waals surface area contributed by atoms with Crippen molar-refractivity contribution in [2.24, 2.45) is 0 Å². The van der Waals surface area contributed by atoms with Crippen LogP contribution in [0.25, 0.3) is 0 Å². The standard InChI is InChI=1S/C12H18O2Te/c1-3-13-12(14-4-2)10-15-11-8-6-5-7-9-11/h5-9,12H,3-4,10H2,1-2H3. The molecule has 2 nitrogen and oxygen atoms in total. The molecule has 0 aliphatic heterocycles. The van der Waals surface area contributed by atoms with E-state index in [1.807, 2.05) is 13.8 Å². The van der Waals surface area contributed by atoms with Crippen LogP contribution in [0.5, 0.6) is 0 Å². The van der Waals surface area contributed by atoms with Crippen molar-refractivity contribution in [3.8, 4) is 0 Å². The first-order chi connectivity index (χ1) is 7.36. The molecule has 0 bridgehead atoms. The first-order valence-electron chi connectivity index (χ1n) is 5.27. The van der Waals surface area contributed by atoms with Crippen molar-refractivity contribution >= 4 is 24.5 Å². The van der Waals surface area contributed by atoms with E-state index in [-0.39, 0.29) is 27.2 Å². The third-order valence-electron chi connectivity index (χ3n) is 1.83. The normalized spacial score (nSPS) is 10.9. The Morgan fingerprint density at radius 2 is 1.67 bits per heavy atom. The summed E-state index contributed by atoms with van der Waals surface area (Å²) in [6.07, 6.45) is 0.00241. The van der Waals surface area contributed by atoms with Gasteiger partial charge in [0.15, 0.2) is 0 Å². The molecular weight excluding hydrogens is 304 g/mol. The van der Waals surface area contributed by atoms with Gasteiger partial charge in [-0.3, -0.25) is 0 Å². The van der Waals surface area contributed by atoms with Crippen molar-refractivity contribution < 1.29 is 9.47 Å². The van der Waals surface area contributed by atoms with Gasteiger partial charge < -0.3 is 0 Å². The second-order valence-corrected chi connectivity index (χ2v) is 6.09. The molecule has 1 rings (SSSR count). The zero-order valence-corrected chi connectivity index (χ0v) is 11.6. The zero-order chi connectivity index (χ0) is 10.9. The van der Waals surface area contributed by atoms with Gasteiger partial charge in [-0.2, -0.15) is 0 Å². The Bertz CT molecular complexity index is 245. The van der Waals surface area contributed by atoms with Gasteiger partial charge in [-0.25, -0.2) is 0 Å². The fraction of sp³-hybridized carbons (Fsp3) is 0.500. The molecule has 0 saturated heterocycles. The van der Waals surface area contributed by atoms with E-state index < -0.39 is 0 Å². The van der Waals surface area contributed by atoms with Crippen molar-refractivity contribution in [2.75, 3.05) is 13.2 Å². The van der Waals surface area contributed by atoms with Gasteiger partial charge in [0.2, 0.25) is 0 Å². The molecule has 0 unspecified atom stereocenters. The summed E-state index contributed by atoms with van der Waals surface area (Å²) in [5, 5.41) is 0. The fourth-order valence-corrected chi connectivity index (χ4v) is 3.68. The van der Waals surface area contributed by atoms with E-state index in [0.29, 0.717) is 0 Å². The molecule has 0 fully saturated rings. The number of hydrogen-bond acceptors (Lipinski definition) is 2. The van der Waals surface area contributed by atoms with Crippen LogP contribution in [0.4, 0.5) is 0 Å². The molecule has 1 aromatic carbocycles. The van der Waals surface area contributed by atoms with E-state index in [1.165, 1.54) is 3.61 Å². The Balaban J connectivity index is 2.33. The first-order valence-corrected chi connectivity index (χ1v) is 8.09. The molecule has 0 N–H and O–H groups in total. The Morgan fingerprint density at radius 3 is 2.20 bits per heavy atom. The molecule has 0 saturated carbocycles. The van der Waals surface area contributed by atoms with Crippen LogP contribution in [0, 0.1) is 0 Å². The molecule has 3 heteroatoms. The molecule has 0 heterocycles. The summed E-state index contributed by atoms with van der Waals surface area (Å²) in [5.74, 6) is 0. The van der Waals surface area contributed by atoms with Crippen LogP contribution < -0.4 is 3.61 Å². The van der Waals surface area contributed by atoms with Gasteiger partial charge in [-0.15, -0.1) is 0 Å². The third kappa shape index (κ3) is 5.53. The van der Waals surface area contributed by atoms with Crippen LogP contribution in [0.2, 0.25) is 4.47 Å². The van der Waals surface area contributed by atoms with Crippen molar-refractivity contribution in [1.29, 1.82) is 0 Å². The molecule has 0 aliphatic carbocycles. The van der Waals surface area contributed by atoms with Crippen molar-refractivity contribution in [1.82, 2.24) is 0 Å². The molecule has 15 heavy (non-hydrogen) atoms. The summed E-state index contributed by atoms with van der Waals surface area (Å²) >= 11 is -0.169. The predicted octanol–water partition coefficient (Wildman–Crippen LogP) is 1.83. The van der Waals surface area contributed by atoms with Crippen LogP contribution >= 0.6 is 0 Å². The quantitative estimate of drug-likeness (QED) is 0.563. The number of ether oxygens (including phenoxy) is 2. The second kappa shape index (κ2) is 8.12. The van der Waals surface area contributed by atoms with E-state index in [0.717, 1.165) is 17.7 Å². The van der Waals surface area contributed by atoms with Gasteiger partial charge in [0.25, 0.3) is 0 Å². The van der Waals surface area contributed by atoms with Crippen molar-refractivity contribution in [3.63, 3.8) is 0 Å². The Kier molecular flexibility index (Phi) is 7.04. The SMILES string of the molecule is CCOC(C[Te]c1ccccc1)OCC. The minimum absolute atomic E-state index is 0.00241. The Hall–Kier alpha value is -0.0704. The molecular formula is C12H18O2Te. The zero-order valence-electron chi connectivity index (χ0n) is 9.31. The van der Waals surface area contributed by atoms with E-state index in [1.54, 1.807) is 0 Å². The maximum absolute atomic E-state index is 5.51. The van der Waals surface area contributed by atoms with Gasteiger partial charge in [0.1, 0.15) is 0 Å². The predicted molar refractivity (Wildman–Crippen MR) is 63.7 cm³/mol. The monoisotopic (exact) mass is 324 g/mol. The van der Waals surface area contributed by atoms with E-state index in [2.05, 4.69) is 30.3 Å². The number of hydrogen-bond donors (Lipinski definition) is 0. The van der Waals surface area contributed by atoms with Crippen LogP contribution in [-0.2, 0) is 9.47 Å². The maximum atomic E-state index is 5.51. The van der Waals surface area contributed by atoms with Gasteiger partial charge >= 0.3 is 102 Å². The van der Waals surface area contributed by atoms with Crippen LogP contribution in [0.1, 0.15) is 13.8 Å². The van der Waals surface area contributed by atoms with Crippen LogP contribution in [-0.4, -0.2) is 40.4 Å². The molecule has 0 aromatic heterocycles.